The number of H-pyrrole nitrogens is 1. The largest absolute Gasteiger partial charge is 0.258 e. The predicted molar refractivity (Wildman–Crippen MR) is 121 cm³/mol. The lowest BCUT2D eigenvalue weighted by Crippen LogP contribution is -2.01. The number of hydrogen-bond acceptors (Lipinski definition) is 4. The van der Waals surface area contributed by atoms with Crippen LogP contribution in [-0.4, -0.2) is 26.6 Å². The standard InChI is InChI=1S/C24H29N5/c1-13-9-15(3)21(16(4)10-13)25-19(7)23-27-24(29-28-23)20(8)26-22-17(5)11-14(2)12-18(22)6/h9-12H,1-8H3,(H,27,28,29). The molecule has 0 saturated heterocycles. The monoisotopic (exact) mass is 387 g/mol. The van der Waals surface area contributed by atoms with E-state index in [4.69, 9.17) is 9.98 Å². The molecule has 150 valence electrons. The van der Waals surface area contributed by atoms with Crippen molar-refractivity contribution in [3.05, 3.63) is 69.3 Å². The van der Waals surface area contributed by atoms with Crippen LogP contribution in [0, 0.1) is 41.5 Å². The van der Waals surface area contributed by atoms with Crippen LogP contribution in [-0.2, 0) is 0 Å². The molecule has 0 aliphatic carbocycles. The summed E-state index contributed by atoms with van der Waals surface area (Å²) >= 11 is 0. The van der Waals surface area contributed by atoms with Gasteiger partial charge in [-0.1, -0.05) is 35.4 Å². The van der Waals surface area contributed by atoms with Crippen molar-refractivity contribution >= 4 is 22.8 Å². The van der Waals surface area contributed by atoms with Crippen molar-refractivity contribution in [3.63, 3.8) is 0 Å². The Kier molecular flexibility index (Phi) is 5.78. The summed E-state index contributed by atoms with van der Waals surface area (Å²) in [4.78, 5) is 14.2. The third-order valence-corrected chi connectivity index (χ3v) is 4.98. The van der Waals surface area contributed by atoms with E-state index in [1.54, 1.807) is 0 Å². The SMILES string of the molecule is CC(=Nc1c(C)cc(C)cc1C)c1n[nH]c(C(C)=Nc2c(C)cc(C)cc2C)n1. The second-order valence-corrected chi connectivity index (χ2v) is 7.90. The van der Waals surface area contributed by atoms with Crippen LogP contribution >= 0.6 is 0 Å². The summed E-state index contributed by atoms with van der Waals surface area (Å²) in [5.41, 5.74) is 10.7. The van der Waals surface area contributed by atoms with Gasteiger partial charge in [0.1, 0.15) is 0 Å². The Balaban J connectivity index is 1.93. The molecule has 1 N–H and O–H groups in total. The van der Waals surface area contributed by atoms with Crippen molar-refractivity contribution in [3.8, 4) is 0 Å². The zero-order valence-electron chi connectivity index (χ0n) is 18.6. The van der Waals surface area contributed by atoms with E-state index in [0.29, 0.717) is 11.6 Å². The second-order valence-electron chi connectivity index (χ2n) is 7.90. The van der Waals surface area contributed by atoms with Crippen molar-refractivity contribution in [1.82, 2.24) is 15.2 Å². The number of aliphatic imine (C=N–C) groups is 2. The minimum Gasteiger partial charge on any atom is -0.258 e. The Morgan fingerprint density at radius 3 is 1.55 bits per heavy atom. The highest BCUT2D eigenvalue weighted by Gasteiger charge is 2.12. The lowest BCUT2D eigenvalue weighted by molar-refractivity contribution is 1.06. The predicted octanol–water partition coefficient (Wildman–Crippen LogP) is 5.94. The van der Waals surface area contributed by atoms with Crippen molar-refractivity contribution in [2.45, 2.75) is 55.4 Å². The van der Waals surface area contributed by atoms with Crippen molar-refractivity contribution in [2.75, 3.05) is 0 Å². The van der Waals surface area contributed by atoms with Crippen LogP contribution in [0.2, 0.25) is 0 Å². The minimum absolute atomic E-state index is 0.589. The first-order chi connectivity index (χ1) is 13.7. The van der Waals surface area contributed by atoms with Gasteiger partial charge in [-0.15, -0.1) is 0 Å². The summed E-state index contributed by atoms with van der Waals surface area (Å²) in [5, 5.41) is 7.37. The topological polar surface area (TPSA) is 66.3 Å². The van der Waals surface area contributed by atoms with Crippen molar-refractivity contribution < 1.29 is 0 Å². The number of aromatic amines is 1. The second kappa shape index (κ2) is 8.11. The van der Waals surface area contributed by atoms with Gasteiger partial charge in [-0.3, -0.25) is 5.10 Å². The van der Waals surface area contributed by atoms with Gasteiger partial charge in [0.15, 0.2) is 11.6 Å². The van der Waals surface area contributed by atoms with Crippen molar-refractivity contribution in [1.29, 1.82) is 0 Å². The molecule has 0 fully saturated rings. The van der Waals surface area contributed by atoms with Crippen LogP contribution in [0.3, 0.4) is 0 Å². The first-order valence-electron chi connectivity index (χ1n) is 9.85. The van der Waals surface area contributed by atoms with Gasteiger partial charge >= 0.3 is 0 Å². The molecule has 0 atom stereocenters. The van der Waals surface area contributed by atoms with Crippen LogP contribution in [0.25, 0.3) is 0 Å². The summed E-state index contributed by atoms with van der Waals surface area (Å²) in [6, 6.07) is 8.58. The molecule has 1 heterocycles. The van der Waals surface area contributed by atoms with E-state index in [-0.39, 0.29) is 0 Å². The van der Waals surface area contributed by atoms with E-state index >= 15 is 0 Å². The Bertz CT molecular complexity index is 998. The first-order valence-corrected chi connectivity index (χ1v) is 9.85. The fraction of sp³-hybridized carbons (Fsp3) is 0.333. The molecule has 1 aromatic heterocycles. The third kappa shape index (κ3) is 4.50. The Morgan fingerprint density at radius 2 is 1.10 bits per heavy atom. The number of nitrogens with zero attached hydrogens (tertiary/aromatic N) is 4. The molecule has 0 unspecified atom stereocenters. The Morgan fingerprint density at radius 1 is 0.690 bits per heavy atom. The molecule has 0 aliphatic heterocycles. The summed E-state index contributed by atoms with van der Waals surface area (Å²) in [6.45, 7) is 16.4. The van der Waals surface area contributed by atoms with E-state index in [1.165, 1.54) is 11.1 Å². The molecule has 0 amide bonds. The van der Waals surface area contributed by atoms with E-state index in [2.05, 4.69) is 81.0 Å². The summed E-state index contributed by atoms with van der Waals surface area (Å²) < 4.78 is 0. The van der Waals surface area contributed by atoms with Crippen LogP contribution in [0.1, 0.15) is 58.9 Å². The van der Waals surface area contributed by atoms with E-state index in [9.17, 15) is 0 Å². The minimum atomic E-state index is 0.589. The van der Waals surface area contributed by atoms with Crippen LogP contribution in [0.4, 0.5) is 11.4 Å². The lowest BCUT2D eigenvalue weighted by atomic mass is 10.1. The Labute approximate surface area is 173 Å². The van der Waals surface area contributed by atoms with Gasteiger partial charge in [0.2, 0.25) is 0 Å². The Hall–Kier alpha value is -3.08. The zero-order valence-corrected chi connectivity index (χ0v) is 18.6. The number of aryl methyl sites for hydroxylation is 6. The van der Waals surface area contributed by atoms with E-state index < -0.39 is 0 Å². The van der Waals surface area contributed by atoms with Gasteiger partial charge in [-0.05, 0) is 77.6 Å². The number of hydrogen-bond donors (Lipinski definition) is 1. The number of rotatable bonds is 4. The average Bonchev–Trinajstić information content (AvgIpc) is 3.11. The molecule has 29 heavy (non-hydrogen) atoms. The average molecular weight is 388 g/mol. The normalized spacial score (nSPS) is 12.6. The van der Waals surface area contributed by atoms with Gasteiger partial charge in [-0.25, -0.2) is 15.0 Å². The maximum absolute atomic E-state index is 4.81. The molecule has 0 aliphatic rings. The van der Waals surface area contributed by atoms with Gasteiger partial charge < -0.3 is 0 Å². The molecule has 5 nitrogen and oxygen atoms in total. The van der Waals surface area contributed by atoms with Gasteiger partial charge in [0.25, 0.3) is 0 Å². The zero-order chi connectivity index (χ0) is 21.3. The fourth-order valence-electron chi connectivity index (χ4n) is 3.72. The fourth-order valence-corrected chi connectivity index (χ4v) is 3.72. The maximum Gasteiger partial charge on any atom is 0.195 e. The smallest absolute Gasteiger partial charge is 0.195 e. The van der Waals surface area contributed by atoms with Gasteiger partial charge in [0, 0.05) is 0 Å². The molecular formula is C24H29N5. The summed E-state index contributed by atoms with van der Waals surface area (Å²) in [6.07, 6.45) is 0. The summed E-state index contributed by atoms with van der Waals surface area (Å²) in [7, 11) is 0. The quantitative estimate of drug-likeness (QED) is 0.563. The highest BCUT2D eigenvalue weighted by Crippen LogP contribution is 2.27. The molecule has 0 radical (unpaired) electrons. The first kappa shape index (κ1) is 20.6. The molecule has 0 saturated carbocycles. The highest BCUT2D eigenvalue weighted by molar-refractivity contribution is 6.01. The number of benzene rings is 2. The van der Waals surface area contributed by atoms with Crippen LogP contribution in [0.5, 0.6) is 0 Å². The van der Waals surface area contributed by atoms with Gasteiger partial charge in [0.05, 0.1) is 22.8 Å². The van der Waals surface area contributed by atoms with Crippen LogP contribution < -0.4 is 0 Å². The molecule has 3 aromatic rings. The molecule has 0 spiro atoms. The lowest BCUT2D eigenvalue weighted by Gasteiger charge is -2.07. The molecule has 5 heteroatoms. The molecule has 0 bridgehead atoms. The molecule has 2 aromatic carbocycles. The molecule has 3 rings (SSSR count). The number of aromatic nitrogens is 3. The van der Waals surface area contributed by atoms with Crippen molar-refractivity contribution in [2.24, 2.45) is 9.98 Å². The van der Waals surface area contributed by atoms with E-state index in [1.807, 2.05) is 13.8 Å². The van der Waals surface area contributed by atoms with Gasteiger partial charge in [-0.2, -0.15) is 5.10 Å². The van der Waals surface area contributed by atoms with Crippen LogP contribution in [0.15, 0.2) is 34.3 Å². The van der Waals surface area contributed by atoms with E-state index in [0.717, 1.165) is 45.1 Å². The third-order valence-electron chi connectivity index (χ3n) is 4.98. The summed E-state index contributed by atoms with van der Waals surface area (Å²) in [5.74, 6) is 1.25. The molecular weight excluding hydrogens is 358 g/mol. The maximum atomic E-state index is 4.81. The number of nitrogens with one attached hydrogen (secondary N) is 1. The highest BCUT2D eigenvalue weighted by atomic mass is 15.2.